The average molecular weight is 284 g/mol. The molecule has 0 amide bonds. The van der Waals surface area contributed by atoms with E-state index in [1.807, 2.05) is 0 Å². The Kier molecular flexibility index (Phi) is 14.5. The molecule has 0 fully saturated rings. The van der Waals surface area contributed by atoms with E-state index in [9.17, 15) is 4.79 Å². The van der Waals surface area contributed by atoms with E-state index >= 15 is 0 Å². The number of carbonyl (C=O) groups is 1. The Morgan fingerprint density at radius 3 is 1.80 bits per heavy atom. The molecule has 1 unspecified atom stereocenters. The van der Waals surface area contributed by atoms with Gasteiger partial charge in [-0.25, -0.2) is 0 Å². The maximum absolute atomic E-state index is 11.2. The average Bonchev–Trinajstić information content (AvgIpc) is 2.47. The van der Waals surface area contributed by atoms with Crippen molar-refractivity contribution in [2.24, 2.45) is 5.92 Å². The summed E-state index contributed by atoms with van der Waals surface area (Å²) in [4.78, 5) is 11.2. The molecular weight excluding hydrogens is 248 g/mol. The summed E-state index contributed by atoms with van der Waals surface area (Å²) in [5.74, 6) is 0.473. The maximum atomic E-state index is 11.2. The van der Waals surface area contributed by atoms with E-state index in [2.05, 4.69) is 13.8 Å². The van der Waals surface area contributed by atoms with E-state index in [-0.39, 0.29) is 5.97 Å². The highest BCUT2D eigenvalue weighted by atomic mass is 16.5. The van der Waals surface area contributed by atoms with Crippen LogP contribution in [0, 0.1) is 5.92 Å². The summed E-state index contributed by atoms with van der Waals surface area (Å²) in [5, 5.41) is 0. The number of unbranched alkanes of at least 4 members (excludes halogenated alkanes) is 9. The number of hydrogen-bond donors (Lipinski definition) is 0. The van der Waals surface area contributed by atoms with Crippen LogP contribution in [0.1, 0.15) is 97.3 Å². The van der Waals surface area contributed by atoms with Crippen LogP contribution < -0.4 is 0 Å². The maximum Gasteiger partial charge on any atom is 0.305 e. The van der Waals surface area contributed by atoms with Gasteiger partial charge in [-0.2, -0.15) is 0 Å². The minimum atomic E-state index is -0.0519. The van der Waals surface area contributed by atoms with E-state index in [0.29, 0.717) is 12.3 Å². The van der Waals surface area contributed by atoms with Gasteiger partial charge in [0, 0.05) is 6.42 Å². The Morgan fingerprint density at radius 2 is 1.35 bits per heavy atom. The van der Waals surface area contributed by atoms with E-state index in [1.165, 1.54) is 77.7 Å². The highest BCUT2D eigenvalue weighted by Crippen LogP contribution is 2.19. The topological polar surface area (TPSA) is 26.3 Å². The lowest BCUT2D eigenvalue weighted by Gasteiger charge is -2.12. The molecule has 0 aromatic heterocycles. The first-order valence-corrected chi connectivity index (χ1v) is 8.81. The van der Waals surface area contributed by atoms with Crippen molar-refractivity contribution in [3.63, 3.8) is 0 Å². The number of hydrogen-bond acceptors (Lipinski definition) is 2. The van der Waals surface area contributed by atoms with Crippen molar-refractivity contribution >= 4 is 5.97 Å². The summed E-state index contributed by atoms with van der Waals surface area (Å²) >= 11 is 0. The van der Waals surface area contributed by atoms with Gasteiger partial charge in [0.25, 0.3) is 0 Å². The molecule has 120 valence electrons. The molecule has 0 heterocycles. The summed E-state index contributed by atoms with van der Waals surface area (Å²) in [6.45, 7) is 4.44. The molecule has 0 aliphatic heterocycles. The molecule has 0 aromatic carbocycles. The third kappa shape index (κ3) is 12.5. The predicted molar refractivity (Wildman–Crippen MR) is 86.9 cm³/mol. The van der Waals surface area contributed by atoms with Gasteiger partial charge in [0.2, 0.25) is 0 Å². The number of carbonyl (C=O) groups excluding carboxylic acids is 1. The first-order valence-electron chi connectivity index (χ1n) is 8.81. The molecule has 0 N–H and O–H groups in total. The molecule has 0 aliphatic carbocycles. The van der Waals surface area contributed by atoms with E-state index < -0.39 is 0 Å². The van der Waals surface area contributed by atoms with Gasteiger partial charge in [-0.15, -0.1) is 0 Å². The van der Waals surface area contributed by atoms with Crippen LogP contribution in [0.25, 0.3) is 0 Å². The quantitative estimate of drug-likeness (QED) is 0.294. The number of rotatable bonds is 14. The molecule has 1 atom stereocenters. The predicted octanol–water partition coefficient (Wildman–Crippen LogP) is 5.89. The number of esters is 1. The summed E-state index contributed by atoms with van der Waals surface area (Å²) in [5.41, 5.74) is 0. The Labute approximate surface area is 126 Å². The second kappa shape index (κ2) is 14.9. The second-order valence-electron chi connectivity index (χ2n) is 6.03. The molecule has 0 bridgehead atoms. The van der Waals surface area contributed by atoms with Crippen molar-refractivity contribution in [1.82, 2.24) is 0 Å². The summed E-state index contributed by atoms with van der Waals surface area (Å²) in [6, 6.07) is 0. The monoisotopic (exact) mass is 284 g/mol. The van der Waals surface area contributed by atoms with Crippen molar-refractivity contribution < 1.29 is 9.53 Å². The van der Waals surface area contributed by atoms with Crippen LogP contribution >= 0.6 is 0 Å². The molecule has 0 aromatic rings. The fourth-order valence-electron chi connectivity index (χ4n) is 2.69. The van der Waals surface area contributed by atoms with Crippen molar-refractivity contribution in [3.8, 4) is 0 Å². The standard InChI is InChI=1S/C18H36O2/c1-4-6-7-8-9-10-11-12-13-14-15-17(5-2)16-18(19)20-3/h17H,4-16H2,1-3H3. The first-order chi connectivity index (χ1) is 9.74. The van der Waals surface area contributed by atoms with Crippen molar-refractivity contribution in [3.05, 3.63) is 0 Å². The molecule has 0 aliphatic rings. The SMILES string of the molecule is CCCCCCCCCCCCC(CC)CC(=O)OC. The fraction of sp³-hybridized carbons (Fsp3) is 0.944. The van der Waals surface area contributed by atoms with Crippen LogP contribution in [-0.4, -0.2) is 13.1 Å². The van der Waals surface area contributed by atoms with E-state index in [1.54, 1.807) is 0 Å². The fourth-order valence-corrected chi connectivity index (χ4v) is 2.69. The van der Waals surface area contributed by atoms with Crippen LogP contribution in [0.15, 0.2) is 0 Å². The van der Waals surface area contributed by atoms with Gasteiger partial charge in [-0.3, -0.25) is 4.79 Å². The van der Waals surface area contributed by atoms with Crippen molar-refractivity contribution in [1.29, 1.82) is 0 Å². The third-order valence-electron chi connectivity index (χ3n) is 4.23. The molecule has 20 heavy (non-hydrogen) atoms. The molecule has 0 rings (SSSR count). The van der Waals surface area contributed by atoms with Crippen LogP contribution in [0.4, 0.5) is 0 Å². The Morgan fingerprint density at radius 1 is 0.850 bits per heavy atom. The minimum absolute atomic E-state index is 0.0519. The smallest absolute Gasteiger partial charge is 0.305 e. The highest BCUT2D eigenvalue weighted by molar-refractivity contribution is 5.69. The van der Waals surface area contributed by atoms with Gasteiger partial charge in [0.1, 0.15) is 0 Å². The number of ether oxygens (including phenoxy) is 1. The summed E-state index contributed by atoms with van der Waals surface area (Å²) < 4.78 is 4.74. The van der Waals surface area contributed by atoms with Crippen molar-refractivity contribution in [2.45, 2.75) is 97.3 Å². The lowest BCUT2D eigenvalue weighted by atomic mass is 9.95. The minimum Gasteiger partial charge on any atom is -0.469 e. The Hall–Kier alpha value is -0.530. The Bertz CT molecular complexity index is 213. The Balaban J connectivity index is 3.31. The number of methoxy groups -OCH3 is 1. The summed E-state index contributed by atoms with van der Waals surface area (Å²) in [6.07, 6.45) is 16.6. The molecule has 0 spiro atoms. The zero-order valence-corrected chi connectivity index (χ0v) is 14.1. The van der Waals surface area contributed by atoms with E-state index in [0.717, 1.165) is 6.42 Å². The molecule has 0 saturated heterocycles. The zero-order valence-electron chi connectivity index (χ0n) is 14.1. The summed E-state index contributed by atoms with van der Waals surface area (Å²) in [7, 11) is 1.48. The van der Waals surface area contributed by atoms with Gasteiger partial charge in [0.05, 0.1) is 7.11 Å². The molecule has 2 heteroatoms. The largest absolute Gasteiger partial charge is 0.469 e. The lowest BCUT2D eigenvalue weighted by Crippen LogP contribution is -2.09. The van der Waals surface area contributed by atoms with Gasteiger partial charge < -0.3 is 4.74 Å². The third-order valence-corrected chi connectivity index (χ3v) is 4.23. The first kappa shape index (κ1) is 19.5. The molecular formula is C18H36O2. The van der Waals surface area contributed by atoms with Crippen molar-refractivity contribution in [2.75, 3.05) is 7.11 Å². The van der Waals surface area contributed by atoms with E-state index in [4.69, 9.17) is 4.74 Å². The van der Waals surface area contributed by atoms with Crippen LogP contribution in [-0.2, 0) is 9.53 Å². The normalized spacial score (nSPS) is 12.3. The molecule has 0 radical (unpaired) electrons. The van der Waals surface area contributed by atoms with Gasteiger partial charge in [-0.05, 0) is 12.3 Å². The van der Waals surface area contributed by atoms with Crippen LogP contribution in [0.5, 0.6) is 0 Å². The lowest BCUT2D eigenvalue weighted by molar-refractivity contribution is -0.141. The molecule has 0 saturated carbocycles. The van der Waals surface area contributed by atoms with Gasteiger partial charge in [-0.1, -0.05) is 84.5 Å². The highest BCUT2D eigenvalue weighted by Gasteiger charge is 2.11. The van der Waals surface area contributed by atoms with Gasteiger partial charge >= 0.3 is 5.97 Å². The van der Waals surface area contributed by atoms with Gasteiger partial charge in [0.15, 0.2) is 0 Å². The van der Waals surface area contributed by atoms with Crippen LogP contribution in [0.2, 0.25) is 0 Å². The zero-order chi connectivity index (χ0) is 15.1. The second-order valence-corrected chi connectivity index (χ2v) is 6.03. The molecule has 2 nitrogen and oxygen atoms in total. The van der Waals surface area contributed by atoms with Crippen LogP contribution in [0.3, 0.4) is 0 Å².